The standard InChI is InChI=1S/C21H15N3O2S/c22-14-15-5-4-8-17(13-15)27(25,26)24-20-10-9-18(16-6-2-1-3-7-16)19-11-12-23-21(19)20/h1-13,23-24H. The SMILES string of the molecule is N#Cc1cccc(S(=O)(=O)Nc2ccc(-c3ccccc3)c3cc[nH]c23)c1. The second-order valence-corrected chi connectivity index (χ2v) is 7.72. The second-order valence-electron chi connectivity index (χ2n) is 6.04. The molecule has 0 atom stereocenters. The zero-order valence-electron chi connectivity index (χ0n) is 14.2. The summed E-state index contributed by atoms with van der Waals surface area (Å²) in [6.07, 6.45) is 1.78. The highest BCUT2D eigenvalue weighted by atomic mass is 32.2. The van der Waals surface area contributed by atoms with E-state index in [1.165, 1.54) is 12.1 Å². The summed E-state index contributed by atoms with van der Waals surface area (Å²) in [6.45, 7) is 0. The van der Waals surface area contributed by atoms with Crippen molar-refractivity contribution in [3.63, 3.8) is 0 Å². The van der Waals surface area contributed by atoms with Crippen LogP contribution in [0.4, 0.5) is 5.69 Å². The first-order chi connectivity index (χ1) is 13.1. The molecule has 0 saturated heterocycles. The van der Waals surface area contributed by atoms with E-state index in [0.717, 1.165) is 16.5 Å². The van der Waals surface area contributed by atoms with Crippen molar-refractivity contribution in [1.29, 1.82) is 5.26 Å². The quantitative estimate of drug-likeness (QED) is 0.552. The number of aromatic nitrogens is 1. The number of hydrogen-bond acceptors (Lipinski definition) is 3. The largest absolute Gasteiger partial charge is 0.359 e. The number of nitrogens with zero attached hydrogens (tertiary/aromatic N) is 1. The molecule has 0 unspecified atom stereocenters. The number of aromatic amines is 1. The first-order valence-electron chi connectivity index (χ1n) is 8.27. The van der Waals surface area contributed by atoms with Gasteiger partial charge in [-0.05, 0) is 41.5 Å². The lowest BCUT2D eigenvalue weighted by molar-refractivity contribution is 0.601. The van der Waals surface area contributed by atoms with Crippen molar-refractivity contribution in [3.8, 4) is 17.2 Å². The van der Waals surface area contributed by atoms with E-state index in [1.807, 2.05) is 48.5 Å². The van der Waals surface area contributed by atoms with Crippen LogP contribution < -0.4 is 4.72 Å². The lowest BCUT2D eigenvalue weighted by Gasteiger charge is -2.12. The van der Waals surface area contributed by atoms with Crippen LogP contribution in [0.3, 0.4) is 0 Å². The molecule has 0 bridgehead atoms. The van der Waals surface area contributed by atoms with Crippen molar-refractivity contribution in [1.82, 2.24) is 4.98 Å². The van der Waals surface area contributed by atoms with Crippen LogP contribution in [0.1, 0.15) is 5.56 Å². The molecule has 0 aliphatic carbocycles. The van der Waals surface area contributed by atoms with E-state index in [-0.39, 0.29) is 4.90 Å². The van der Waals surface area contributed by atoms with Gasteiger partial charge >= 0.3 is 0 Å². The van der Waals surface area contributed by atoms with Crippen molar-refractivity contribution in [2.24, 2.45) is 0 Å². The summed E-state index contributed by atoms with van der Waals surface area (Å²) >= 11 is 0. The lowest BCUT2D eigenvalue weighted by atomic mass is 10.0. The zero-order valence-corrected chi connectivity index (χ0v) is 15.0. The summed E-state index contributed by atoms with van der Waals surface area (Å²) in [5.74, 6) is 0. The Morgan fingerprint density at radius 3 is 2.52 bits per heavy atom. The molecule has 4 aromatic rings. The smallest absolute Gasteiger partial charge is 0.262 e. The van der Waals surface area contributed by atoms with Crippen molar-refractivity contribution in [2.75, 3.05) is 4.72 Å². The Labute approximate surface area is 157 Å². The minimum absolute atomic E-state index is 0.0494. The number of nitrogens with one attached hydrogen (secondary N) is 2. The molecular weight excluding hydrogens is 358 g/mol. The maximum absolute atomic E-state index is 12.8. The van der Waals surface area contributed by atoms with Crippen LogP contribution >= 0.6 is 0 Å². The fraction of sp³-hybridized carbons (Fsp3) is 0. The van der Waals surface area contributed by atoms with Gasteiger partial charge < -0.3 is 4.98 Å². The minimum atomic E-state index is -3.81. The van der Waals surface area contributed by atoms with Gasteiger partial charge in [-0.15, -0.1) is 0 Å². The van der Waals surface area contributed by atoms with Crippen molar-refractivity contribution < 1.29 is 8.42 Å². The van der Waals surface area contributed by atoms with Crippen LogP contribution in [0, 0.1) is 11.3 Å². The van der Waals surface area contributed by atoms with Gasteiger partial charge in [-0.2, -0.15) is 5.26 Å². The van der Waals surface area contributed by atoms with E-state index in [1.54, 1.807) is 24.4 Å². The molecule has 0 fully saturated rings. The van der Waals surface area contributed by atoms with E-state index < -0.39 is 10.0 Å². The molecule has 132 valence electrons. The number of rotatable bonds is 4. The molecule has 0 radical (unpaired) electrons. The Morgan fingerprint density at radius 2 is 1.74 bits per heavy atom. The van der Waals surface area contributed by atoms with Gasteiger partial charge in [0, 0.05) is 11.6 Å². The number of hydrogen-bond donors (Lipinski definition) is 2. The van der Waals surface area contributed by atoms with E-state index in [9.17, 15) is 8.42 Å². The van der Waals surface area contributed by atoms with Crippen molar-refractivity contribution in [2.45, 2.75) is 4.90 Å². The fourth-order valence-corrected chi connectivity index (χ4v) is 4.16. The first-order valence-corrected chi connectivity index (χ1v) is 9.75. The Morgan fingerprint density at radius 1 is 0.926 bits per heavy atom. The minimum Gasteiger partial charge on any atom is -0.359 e. The number of anilines is 1. The molecule has 0 saturated carbocycles. The molecule has 0 spiro atoms. The molecule has 6 heteroatoms. The molecule has 0 aliphatic heterocycles. The molecule has 3 aromatic carbocycles. The van der Waals surface area contributed by atoms with E-state index in [0.29, 0.717) is 16.8 Å². The van der Waals surface area contributed by atoms with Crippen LogP contribution in [0.5, 0.6) is 0 Å². The van der Waals surface area contributed by atoms with Crippen LogP contribution in [0.25, 0.3) is 22.0 Å². The third-order valence-electron chi connectivity index (χ3n) is 4.33. The van der Waals surface area contributed by atoms with E-state index in [2.05, 4.69) is 9.71 Å². The van der Waals surface area contributed by atoms with Gasteiger partial charge in [0.2, 0.25) is 0 Å². The van der Waals surface area contributed by atoms with Gasteiger partial charge in [0.15, 0.2) is 0 Å². The first kappa shape index (κ1) is 16.9. The van der Waals surface area contributed by atoms with Gasteiger partial charge in [-0.3, -0.25) is 4.72 Å². The number of sulfonamides is 1. The van der Waals surface area contributed by atoms with Crippen LogP contribution in [0.2, 0.25) is 0 Å². The molecular formula is C21H15N3O2S. The predicted octanol–water partition coefficient (Wildman–Crippen LogP) is 4.51. The average molecular weight is 373 g/mol. The Hall–Kier alpha value is -3.56. The maximum atomic E-state index is 12.8. The summed E-state index contributed by atoms with van der Waals surface area (Å²) in [6, 6.07) is 23.4. The molecule has 1 aromatic heterocycles. The molecule has 4 rings (SSSR count). The number of nitriles is 1. The molecule has 2 N–H and O–H groups in total. The number of H-pyrrole nitrogens is 1. The fourth-order valence-electron chi connectivity index (χ4n) is 3.05. The Balaban J connectivity index is 1.77. The zero-order chi connectivity index (χ0) is 18.9. The highest BCUT2D eigenvalue weighted by Gasteiger charge is 2.17. The monoisotopic (exact) mass is 373 g/mol. The highest BCUT2D eigenvalue weighted by Crippen LogP contribution is 2.33. The van der Waals surface area contributed by atoms with E-state index in [4.69, 9.17) is 5.26 Å². The van der Waals surface area contributed by atoms with Crippen LogP contribution in [-0.2, 0) is 10.0 Å². The van der Waals surface area contributed by atoms with Gasteiger partial charge in [-0.25, -0.2) is 8.42 Å². The van der Waals surface area contributed by atoms with Crippen LogP contribution in [0.15, 0.2) is 83.9 Å². The molecule has 27 heavy (non-hydrogen) atoms. The summed E-state index contributed by atoms with van der Waals surface area (Å²) < 4.78 is 28.1. The number of benzene rings is 3. The van der Waals surface area contributed by atoms with Crippen molar-refractivity contribution in [3.05, 3.63) is 84.6 Å². The lowest BCUT2D eigenvalue weighted by Crippen LogP contribution is -2.13. The third kappa shape index (κ3) is 3.16. The normalized spacial score (nSPS) is 11.2. The average Bonchev–Trinajstić information content (AvgIpc) is 3.19. The third-order valence-corrected chi connectivity index (χ3v) is 5.69. The van der Waals surface area contributed by atoms with Gasteiger partial charge in [0.05, 0.1) is 27.7 Å². The summed E-state index contributed by atoms with van der Waals surface area (Å²) in [4.78, 5) is 3.17. The summed E-state index contributed by atoms with van der Waals surface area (Å²) in [7, 11) is -3.81. The highest BCUT2D eigenvalue weighted by molar-refractivity contribution is 7.92. The molecule has 0 amide bonds. The van der Waals surface area contributed by atoms with Crippen LogP contribution in [-0.4, -0.2) is 13.4 Å². The Bertz CT molecular complexity index is 1270. The molecule has 1 heterocycles. The topological polar surface area (TPSA) is 85.8 Å². The van der Waals surface area contributed by atoms with Gasteiger partial charge in [0.1, 0.15) is 0 Å². The number of fused-ring (bicyclic) bond motifs is 1. The van der Waals surface area contributed by atoms with Crippen molar-refractivity contribution >= 4 is 26.6 Å². The molecule has 0 aliphatic rings. The summed E-state index contributed by atoms with van der Waals surface area (Å²) in [5.41, 5.74) is 3.52. The van der Waals surface area contributed by atoms with Gasteiger partial charge in [-0.1, -0.05) is 42.5 Å². The van der Waals surface area contributed by atoms with E-state index >= 15 is 0 Å². The predicted molar refractivity (Wildman–Crippen MR) is 106 cm³/mol. The summed E-state index contributed by atoms with van der Waals surface area (Å²) in [5, 5.41) is 9.92. The second kappa shape index (κ2) is 6.63. The van der Waals surface area contributed by atoms with Gasteiger partial charge in [0.25, 0.3) is 10.0 Å². The Kier molecular flexibility index (Phi) is 4.15. The maximum Gasteiger partial charge on any atom is 0.262 e. The molecule has 5 nitrogen and oxygen atoms in total.